The topological polar surface area (TPSA) is 89.5 Å². The van der Waals surface area contributed by atoms with Gasteiger partial charge in [0.25, 0.3) is 0 Å². The Bertz CT molecular complexity index is 940. The maximum absolute atomic E-state index is 13.0. The van der Waals surface area contributed by atoms with Crippen LogP contribution in [0.2, 0.25) is 0 Å². The molecule has 1 aromatic heterocycles. The zero-order chi connectivity index (χ0) is 21.2. The number of esters is 2. The number of thiazole rings is 1. The summed E-state index contributed by atoms with van der Waals surface area (Å²) in [6.45, 7) is 5.59. The lowest BCUT2D eigenvalue weighted by atomic mass is 9.71. The van der Waals surface area contributed by atoms with E-state index in [1.54, 1.807) is 0 Å². The van der Waals surface area contributed by atoms with E-state index in [-0.39, 0.29) is 0 Å². The Morgan fingerprint density at radius 1 is 1.17 bits per heavy atom. The largest absolute Gasteiger partial charge is 0.469 e. The fourth-order valence-electron chi connectivity index (χ4n) is 3.92. The second kappa shape index (κ2) is 8.24. The van der Waals surface area contributed by atoms with Gasteiger partial charge >= 0.3 is 11.9 Å². The number of hydrogen-bond donors (Lipinski definition) is 2. The Balaban J connectivity index is 2.19. The second-order valence-corrected chi connectivity index (χ2v) is 8.02. The van der Waals surface area contributed by atoms with Gasteiger partial charge in [0.1, 0.15) is 11.6 Å². The number of anilines is 1. The molecule has 29 heavy (non-hydrogen) atoms. The van der Waals surface area contributed by atoms with Crippen molar-refractivity contribution >= 4 is 28.4 Å². The predicted octanol–water partition coefficient (Wildman–Crippen LogP) is 3.20. The van der Waals surface area contributed by atoms with Crippen LogP contribution >= 0.6 is 11.3 Å². The zero-order valence-electron chi connectivity index (χ0n) is 17.1. The molecule has 3 rings (SSSR count). The SMILES string of the molecule is COC(=O)C1=C(C)NC(C)(Nc2nc(C)cs2)C(C(=O)OC)C1c1ccccc1. The smallest absolute Gasteiger partial charge is 0.336 e. The average molecular weight is 416 g/mol. The van der Waals surface area contributed by atoms with Crippen LogP contribution < -0.4 is 10.6 Å². The van der Waals surface area contributed by atoms with Gasteiger partial charge in [-0.3, -0.25) is 4.79 Å². The van der Waals surface area contributed by atoms with Gasteiger partial charge in [0.15, 0.2) is 5.13 Å². The minimum atomic E-state index is -0.945. The molecule has 2 heterocycles. The van der Waals surface area contributed by atoms with Crippen molar-refractivity contribution in [2.75, 3.05) is 19.5 Å². The molecule has 0 spiro atoms. The number of aromatic nitrogens is 1. The summed E-state index contributed by atoms with van der Waals surface area (Å²) in [5, 5.41) is 9.28. The first-order valence-electron chi connectivity index (χ1n) is 9.21. The fraction of sp³-hybridized carbons (Fsp3) is 0.381. The van der Waals surface area contributed by atoms with Gasteiger partial charge < -0.3 is 20.1 Å². The number of methoxy groups -OCH3 is 2. The molecule has 1 aliphatic rings. The van der Waals surface area contributed by atoms with Crippen LogP contribution in [-0.4, -0.2) is 36.8 Å². The molecular formula is C21H25N3O4S. The van der Waals surface area contributed by atoms with E-state index in [0.29, 0.717) is 16.4 Å². The maximum Gasteiger partial charge on any atom is 0.336 e. The molecule has 0 saturated heterocycles. The summed E-state index contributed by atoms with van der Waals surface area (Å²) < 4.78 is 10.2. The first kappa shape index (κ1) is 20.9. The zero-order valence-corrected chi connectivity index (χ0v) is 17.9. The third-order valence-electron chi connectivity index (χ3n) is 5.12. The minimum Gasteiger partial charge on any atom is -0.469 e. The number of ether oxygens (including phenoxy) is 2. The van der Waals surface area contributed by atoms with E-state index >= 15 is 0 Å². The number of hydrogen-bond acceptors (Lipinski definition) is 8. The van der Waals surface area contributed by atoms with Crippen molar-refractivity contribution < 1.29 is 19.1 Å². The Labute approximate surface area is 174 Å². The minimum absolute atomic E-state index is 0.406. The van der Waals surface area contributed by atoms with Crippen molar-refractivity contribution in [1.82, 2.24) is 10.3 Å². The van der Waals surface area contributed by atoms with Crippen molar-refractivity contribution in [1.29, 1.82) is 0 Å². The van der Waals surface area contributed by atoms with Crippen LogP contribution in [0.15, 0.2) is 47.0 Å². The molecule has 0 aliphatic carbocycles. The molecule has 2 N–H and O–H groups in total. The van der Waals surface area contributed by atoms with Crippen molar-refractivity contribution in [3.8, 4) is 0 Å². The van der Waals surface area contributed by atoms with Gasteiger partial charge in [-0.15, -0.1) is 11.3 Å². The summed E-state index contributed by atoms with van der Waals surface area (Å²) in [7, 11) is 2.68. The quantitative estimate of drug-likeness (QED) is 0.725. The number of nitrogens with one attached hydrogen (secondary N) is 2. The lowest BCUT2D eigenvalue weighted by Gasteiger charge is -2.46. The molecule has 3 unspecified atom stereocenters. The average Bonchev–Trinajstić information content (AvgIpc) is 3.10. The maximum atomic E-state index is 13.0. The van der Waals surface area contributed by atoms with E-state index in [2.05, 4.69) is 15.6 Å². The van der Waals surface area contributed by atoms with Crippen LogP contribution in [0.1, 0.15) is 31.0 Å². The Morgan fingerprint density at radius 2 is 1.86 bits per heavy atom. The molecule has 1 aliphatic heterocycles. The van der Waals surface area contributed by atoms with Crippen LogP contribution in [0, 0.1) is 12.8 Å². The van der Waals surface area contributed by atoms with E-state index < -0.39 is 29.4 Å². The van der Waals surface area contributed by atoms with Crippen LogP contribution in [0.4, 0.5) is 5.13 Å². The van der Waals surface area contributed by atoms with Gasteiger partial charge in [-0.1, -0.05) is 30.3 Å². The monoisotopic (exact) mass is 415 g/mol. The number of allylic oxidation sites excluding steroid dienone is 1. The van der Waals surface area contributed by atoms with E-state index in [1.165, 1.54) is 25.6 Å². The van der Waals surface area contributed by atoms with Gasteiger partial charge in [-0.2, -0.15) is 0 Å². The Hall–Kier alpha value is -2.87. The first-order chi connectivity index (χ1) is 13.8. The van der Waals surface area contributed by atoms with Crippen molar-refractivity contribution in [3.05, 3.63) is 58.2 Å². The van der Waals surface area contributed by atoms with Gasteiger partial charge in [0.2, 0.25) is 0 Å². The molecule has 154 valence electrons. The van der Waals surface area contributed by atoms with E-state index in [4.69, 9.17) is 9.47 Å². The molecule has 2 aromatic rings. The van der Waals surface area contributed by atoms with Gasteiger partial charge in [0, 0.05) is 17.0 Å². The number of carbonyl (C=O) groups excluding carboxylic acids is 2. The van der Waals surface area contributed by atoms with Crippen LogP contribution in [0.3, 0.4) is 0 Å². The van der Waals surface area contributed by atoms with Crippen molar-refractivity contribution in [2.45, 2.75) is 32.4 Å². The lowest BCUT2D eigenvalue weighted by Crippen LogP contribution is -2.62. The number of carbonyl (C=O) groups is 2. The molecule has 7 nitrogen and oxygen atoms in total. The fourth-order valence-corrected chi connectivity index (χ4v) is 4.72. The number of rotatable bonds is 5. The summed E-state index contributed by atoms with van der Waals surface area (Å²) in [6, 6.07) is 9.45. The third-order valence-corrected chi connectivity index (χ3v) is 6.00. The number of aryl methyl sites for hydroxylation is 1. The van der Waals surface area contributed by atoms with Gasteiger partial charge in [0.05, 0.1) is 25.5 Å². The molecule has 3 atom stereocenters. The van der Waals surface area contributed by atoms with Crippen molar-refractivity contribution in [3.63, 3.8) is 0 Å². The van der Waals surface area contributed by atoms with Crippen LogP contribution in [0.25, 0.3) is 0 Å². The summed E-state index contributed by atoms with van der Waals surface area (Å²) in [6.07, 6.45) is 0. The third kappa shape index (κ3) is 3.98. The highest BCUT2D eigenvalue weighted by molar-refractivity contribution is 7.13. The molecule has 0 bridgehead atoms. The molecule has 0 saturated carbocycles. The predicted molar refractivity (Wildman–Crippen MR) is 111 cm³/mol. The summed E-state index contributed by atoms with van der Waals surface area (Å²) in [5.41, 5.74) is 1.80. The van der Waals surface area contributed by atoms with Gasteiger partial charge in [-0.25, -0.2) is 9.78 Å². The molecule has 1 aromatic carbocycles. The molecule has 0 amide bonds. The van der Waals surface area contributed by atoms with E-state index in [0.717, 1.165) is 11.3 Å². The van der Waals surface area contributed by atoms with Crippen LogP contribution in [0.5, 0.6) is 0 Å². The van der Waals surface area contributed by atoms with E-state index in [9.17, 15) is 9.59 Å². The first-order valence-corrected chi connectivity index (χ1v) is 10.1. The summed E-state index contributed by atoms with van der Waals surface area (Å²) >= 11 is 1.45. The number of nitrogens with zero attached hydrogens (tertiary/aromatic N) is 1. The molecule has 0 fully saturated rings. The standard InChI is InChI=1S/C21H25N3O4S/c1-12-11-29-20(22-12)24-21(3)17(19(26)28-5)16(14-9-7-6-8-10-14)15(13(2)23-21)18(25)27-4/h6-11,16-17,23H,1-5H3,(H,22,24). The molecular weight excluding hydrogens is 390 g/mol. The molecule has 8 heteroatoms. The highest BCUT2D eigenvalue weighted by Gasteiger charge is 2.52. The number of benzene rings is 1. The normalized spacial score (nSPS) is 23.9. The summed E-state index contributed by atoms with van der Waals surface area (Å²) in [5.74, 6) is -2.23. The molecule has 0 radical (unpaired) electrons. The Morgan fingerprint density at radius 3 is 2.41 bits per heavy atom. The lowest BCUT2D eigenvalue weighted by molar-refractivity contribution is -0.149. The Kier molecular flexibility index (Phi) is 5.93. The van der Waals surface area contributed by atoms with E-state index in [1.807, 2.05) is 56.5 Å². The highest BCUT2D eigenvalue weighted by atomic mass is 32.1. The second-order valence-electron chi connectivity index (χ2n) is 7.17. The van der Waals surface area contributed by atoms with Crippen LogP contribution in [-0.2, 0) is 19.1 Å². The van der Waals surface area contributed by atoms with Gasteiger partial charge in [-0.05, 0) is 26.3 Å². The highest BCUT2D eigenvalue weighted by Crippen LogP contribution is 2.44. The van der Waals surface area contributed by atoms with Crippen molar-refractivity contribution in [2.24, 2.45) is 5.92 Å². The summed E-state index contributed by atoms with van der Waals surface area (Å²) in [4.78, 5) is 30.2.